The predicted molar refractivity (Wildman–Crippen MR) is 132 cm³/mol. The van der Waals surface area contributed by atoms with E-state index in [-0.39, 0.29) is 46.5 Å². The molecule has 2 fully saturated rings. The fourth-order valence-electron chi connectivity index (χ4n) is 6.33. The van der Waals surface area contributed by atoms with Crippen LogP contribution in [0.4, 0.5) is 39.5 Å². The maximum absolute atomic E-state index is 14.9. The van der Waals surface area contributed by atoms with Gasteiger partial charge in [-0.2, -0.15) is 35.1 Å². The highest BCUT2D eigenvalue weighted by atomic mass is 35.5. The summed E-state index contributed by atoms with van der Waals surface area (Å²) in [5.74, 6) is -6.59. The Bertz CT molecular complexity index is 1580. The Morgan fingerprint density at radius 2 is 1.58 bits per heavy atom. The smallest absolute Gasteiger partial charge is 0.339 e. The summed E-state index contributed by atoms with van der Waals surface area (Å²) < 4.78 is 150. The molecule has 2 aromatic carbocycles. The lowest BCUT2D eigenvalue weighted by atomic mass is 9.76. The molecule has 2 heterocycles. The topological polar surface area (TPSA) is 83.6 Å². The second-order valence-corrected chi connectivity index (χ2v) is 13.3. The molecule has 3 aliphatic rings. The number of hydrogen-bond donors (Lipinski definition) is 1. The van der Waals surface area contributed by atoms with E-state index >= 15 is 0 Å². The molecular formula is C26H20ClF9N2O4S. The number of nitrogens with zero attached hydrogens (tertiary/aromatic N) is 1. The van der Waals surface area contributed by atoms with Crippen molar-refractivity contribution >= 4 is 33.3 Å². The molecule has 2 saturated heterocycles. The van der Waals surface area contributed by atoms with E-state index in [0.29, 0.717) is 12.1 Å². The van der Waals surface area contributed by atoms with Gasteiger partial charge in [-0.25, -0.2) is 12.8 Å². The van der Waals surface area contributed by atoms with Crippen molar-refractivity contribution in [3.05, 3.63) is 64.2 Å². The molecule has 0 radical (unpaired) electrons. The Kier molecular flexibility index (Phi) is 7.12. The van der Waals surface area contributed by atoms with Gasteiger partial charge in [0.05, 0.1) is 17.4 Å². The van der Waals surface area contributed by atoms with Crippen LogP contribution in [0, 0.1) is 0 Å². The monoisotopic (exact) mass is 662 g/mol. The number of fused-ring (bicyclic) bond motifs is 3. The highest BCUT2D eigenvalue weighted by molar-refractivity contribution is 7.92. The fourth-order valence-corrected chi connectivity index (χ4v) is 8.82. The molecule has 0 saturated carbocycles. The molecule has 43 heavy (non-hydrogen) atoms. The first-order valence-electron chi connectivity index (χ1n) is 12.6. The van der Waals surface area contributed by atoms with Gasteiger partial charge in [0.1, 0.15) is 10.8 Å². The zero-order valence-corrected chi connectivity index (χ0v) is 23.1. The van der Waals surface area contributed by atoms with E-state index in [2.05, 4.69) is 0 Å². The number of amides is 2. The van der Waals surface area contributed by atoms with Crippen LogP contribution >= 0.6 is 11.6 Å². The standard InChI is InChI=1S/C26H20ClF9N2O4S/c27-15-3-5-16(6-4-15)43(41,42)22-9-10-38(20(39)18-12-23(28,29)21(40)37-18)19(22)8-1-13-11-14(2-7-17(13)22)24(30,25(31,32)33)26(34,35)36/h2-7,11,18-19H,1,8-10,12H2,(H,37,40). The van der Waals surface area contributed by atoms with E-state index < -0.39 is 80.8 Å². The Morgan fingerprint density at radius 3 is 2.12 bits per heavy atom. The van der Waals surface area contributed by atoms with Crippen molar-refractivity contribution in [2.75, 3.05) is 6.54 Å². The minimum Gasteiger partial charge on any atom is -0.339 e. The van der Waals surface area contributed by atoms with Crippen molar-refractivity contribution in [3.63, 3.8) is 0 Å². The first kappa shape index (κ1) is 31.4. The van der Waals surface area contributed by atoms with Gasteiger partial charge in [-0.1, -0.05) is 29.8 Å². The van der Waals surface area contributed by atoms with Crippen LogP contribution in [-0.2, 0) is 36.3 Å². The number of halogens is 10. The average Bonchev–Trinajstić information content (AvgIpc) is 3.44. The molecule has 2 aromatic rings. The molecule has 5 rings (SSSR count). The van der Waals surface area contributed by atoms with Crippen LogP contribution in [-0.4, -0.2) is 62.0 Å². The van der Waals surface area contributed by atoms with Crippen molar-refractivity contribution < 1.29 is 57.5 Å². The molecule has 1 aliphatic carbocycles. The molecule has 2 amide bonds. The number of nitrogens with one attached hydrogen (secondary N) is 1. The number of carbonyl (C=O) groups is 2. The zero-order valence-electron chi connectivity index (χ0n) is 21.5. The second kappa shape index (κ2) is 9.74. The van der Waals surface area contributed by atoms with Crippen LogP contribution in [0.15, 0.2) is 47.4 Å². The van der Waals surface area contributed by atoms with Gasteiger partial charge in [0.15, 0.2) is 9.84 Å². The minimum absolute atomic E-state index is 0.140. The first-order valence-corrected chi connectivity index (χ1v) is 14.5. The summed E-state index contributed by atoms with van der Waals surface area (Å²) in [6.45, 7) is -0.367. The molecule has 0 aromatic heterocycles. The van der Waals surface area contributed by atoms with Crippen molar-refractivity contribution in [1.82, 2.24) is 10.2 Å². The van der Waals surface area contributed by atoms with E-state index in [1.54, 1.807) is 0 Å². The summed E-state index contributed by atoms with van der Waals surface area (Å²) in [5.41, 5.74) is -8.15. The van der Waals surface area contributed by atoms with Crippen molar-refractivity contribution in [3.8, 4) is 0 Å². The quantitative estimate of drug-likeness (QED) is 0.447. The lowest BCUT2D eigenvalue weighted by molar-refractivity contribution is -0.348. The van der Waals surface area contributed by atoms with Crippen molar-refractivity contribution in [2.24, 2.45) is 0 Å². The number of sulfone groups is 1. The average molecular weight is 663 g/mol. The fraction of sp³-hybridized carbons (Fsp3) is 0.462. The SMILES string of the molecule is O=C(C1CC(F)(F)C(=O)N1)N1CCC2(S(=O)(=O)c3ccc(Cl)cc3)c3ccc(C(F)(C(F)(F)F)C(F)(F)F)cc3CCC12. The Balaban J connectivity index is 1.67. The Hall–Kier alpha value is -3.01. The summed E-state index contributed by atoms with van der Waals surface area (Å²) in [7, 11) is -4.65. The number of hydrogen-bond acceptors (Lipinski definition) is 4. The largest absolute Gasteiger partial charge is 0.435 e. The zero-order chi connectivity index (χ0) is 32.0. The maximum Gasteiger partial charge on any atom is 0.435 e. The third-order valence-electron chi connectivity index (χ3n) is 8.35. The predicted octanol–water partition coefficient (Wildman–Crippen LogP) is 5.37. The normalized spacial score (nSPS) is 25.7. The number of alkyl halides is 9. The maximum atomic E-state index is 14.9. The molecule has 0 bridgehead atoms. The molecule has 3 atom stereocenters. The van der Waals surface area contributed by atoms with Crippen LogP contribution in [0.3, 0.4) is 0 Å². The highest BCUT2D eigenvalue weighted by Gasteiger charge is 2.74. The van der Waals surface area contributed by atoms with Crippen LogP contribution in [0.25, 0.3) is 0 Å². The van der Waals surface area contributed by atoms with Gasteiger partial charge in [-0.15, -0.1) is 0 Å². The minimum atomic E-state index is -6.41. The number of benzene rings is 2. The summed E-state index contributed by atoms with van der Waals surface area (Å²) in [5, 5.41) is 2.02. The molecule has 234 valence electrons. The number of aryl methyl sites for hydroxylation is 1. The van der Waals surface area contributed by atoms with Gasteiger partial charge in [0.2, 0.25) is 5.91 Å². The van der Waals surface area contributed by atoms with Crippen LogP contribution in [0.1, 0.15) is 36.0 Å². The summed E-state index contributed by atoms with van der Waals surface area (Å²) >= 11 is 5.88. The lowest BCUT2D eigenvalue weighted by Gasteiger charge is -2.43. The van der Waals surface area contributed by atoms with Gasteiger partial charge in [0.25, 0.3) is 5.91 Å². The molecule has 1 N–H and O–H groups in total. The molecule has 2 aliphatic heterocycles. The number of likely N-dealkylation sites (tertiary alicyclic amines) is 1. The molecule has 3 unspecified atom stereocenters. The highest BCUT2D eigenvalue weighted by Crippen LogP contribution is 2.57. The number of carbonyl (C=O) groups excluding carboxylic acids is 2. The molecule has 0 spiro atoms. The number of rotatable bonds is 4. The van der Waals surface area contributed by atoms with E-state index in [4.69, 9.17) is 11.6 Å². The van der Waals surface area contributed by atoms with E-state index in [1.807, 2.05) is 5.32 Å². The molecular weight excluding hydrogens is 643 g/mol. The van der Waals surface area contributed by atoms with Gasteiger partial charge in [-0.05, 0) is 54.7 Å². The third-order valence-corrected chi connectivity index (χ3v) is 11.1. The van der Waals surface area contributed by atoms with Crippen LogP contribution in [0.2, 0.25) is 5.02 Å². The second-order valence-electron chi connectivity index (χ2n) is 10.6. The van der Waals surface area contributed by atoms with Gasteiger partial charge in [0, 0.05) is 17.1 Å². The van der Waals surface area contributed by atoms with Gasteiger partial charge < -0.3 is 10.2 Å². The van der Waals surface area contributed by atoms with E-state index in [9.17, 15) is 57.5 Å². The Labute approximate surface area is 243 Å². The third kappa shape index (κ3) is 4.49. The van der Waals surface area contributed by atoms with Crippen LogP contribution in [0.5, 0.6) is 0 Å². The molecule has 17 heteroatoms. The lowest BCUT2D eigenvalue weighted by Crippen LogP contribution is -2.55. The van der Waals surface area contributed by atoms with Crippen molar-refractivity contribution in [2.45, 2.75) is 71.4 Å². The van der Waals surface area contributed by atoms with Crippen LogP contribution < -0.4 is 5.32 Å². The molecule has 6 nitrogen and oxygen atoms in total. The Morgan fingerprint density at radius 1 is 0.977 bits per heavy atom. The summed E-state index contributed by atoms with van der Waals surface area (Å²) in [6.07, 6.45) is -15.2. The summed E-state index contributed by atoms with van der Waals surface area (Å²) in [4.78, 5) is 25.6. The van der Waals surface area contributed by atoms with Gasteiger partial charge in [-0.3, -0.25) is 9.59 Å². The van der Waals surface area contributed by atoms with Crippen molar-refractivity contribution in [1.29, 1.82) is 0 Å². The van der Waals surface area contributed by atoms with E-state index in [1.165, 1.54) is 12.1 Å². The first-order chi connectivity index (χ1) is 19.7. The van der Waals surface area contributed by atoms with E-state index in [0.717, 1.165) is 17.0 Å². The summed E-state index contributed by atoms with van der Waals surface area (Å²) in [6, 6.07) is 2.88. The van der Waals surface area contributed by atoms with Gasteiger partial charge >= 0.3 is 23.9 Å².